The normalized spacial score (nSPS) is 28.6. The fourth-order valence-electron chi connectivity index (χ4n) is 6.05. The molecule has 0 radical (unpaired) electrons. The Morgan fingerprint density at radius 1 is 1.32 bits per heavy atom. The number of likely N-dealkylation sites (tertiary alicyclic amines) is 1. The molecular formula is C28H43N3O7. The van der Waals surface area contributed by atoms with Crippen LogP contribution in [0.3, 0.4) is 0 Å². The van der Waals surface area contributed by atoms with Crippen LogP contribution in [0.25, 0.3) is 0 Å². The summed E-state index contributed by atoms with van der Waals surface area (Å²) < 4.78 is 12.1. The van der Waals surface area contributed by atoms with Gasteiger partial charge in [0.2, 0.25) is 17.7 Å². The van der Waals surface area contributed by atoms with Gasteiger partial charge < -0.3 is 29.7 Å². The number of carbonyl (C=O) groups excluding carboxylic acids is 4. The van der Waals surface area contributed by atoms with E-state index in [2.05, 4.69) is 18.5 Å². The van der Waals surface area contributed by atoms with Gasteiger partial charge in [-0.1, -0.05) is 12.2 Å². The van der Waals surface area contributed by atoms with Crippen LogP contribution in [-0.4, -0.2) is 94.2 Å². The topological polar surface area (TPSA) is 125 Å². The molecule has 3 fully saturated rings. The summed E-state index contributed by atoms with van der Waals surface area (Å²) >= 11 is 0. The molecule has 0 aromatic rings. The highest BCUT2D eigenvalue weighted by molar-refractivity contribution is 5.98. The van der Waals surface area contributed by atoms with Gasteiger partial charge in [0.05, 0.1) is 24.5 Å². The van der Waals surface area contributed by atoms with Crippen molar-refractivity contribution >= 4 is 23.7 Å². The molecular weight excluding hydrogens is 490 g/mol. The molecule has 0 saturated carbocycles. The van der Waals surface area contributed by atoms with Gasteiger partial charge in [0.25, 0.3) is 0 Å². The number of esters is 1. The summed E-state index contributed by atoms with van der Waals surface area (Å²) in [5.74, 6) is -2.98. The Balaban J connectivity index is 1.84. The third-order valence-corrected chi connectivity index (χ3v) is 7.73. The fourth-order valence-corrected chi connectivity index (χ4v) is 6.05. The summed E-state index contributed by atoms with van der Waals surface area (Å²) in [6, 6.07) is -0.907. The SMILES string of the molecule is C=CCCC(=O)NC[C@@H](C)OC(=O)[C@@H]1[C@@H]2CC[C@]3(O2)[C@H](C(=O)N(CC=C)C(C)(C)C)N(CCCO)C(=O)[C@@H]13. The number of nitrogens with one attached hydrogen (secondary N) is 1. The lowest BCUT2D eigenvalue weighted by Gasteiger charge is -2.42. The van der Waals surface area contributed by atoms with Gasteiger partial charge in [-0.25, -0.2) is 0 Å². The number of ether oxygens (including phenoxy) is 2. The number of aliphatic hydroxyl groups is 1. The molecule has 10 nitrogen and oxygen atoms in total. The minimum absolute atomic E-state index is 0.136. The Bertz CT molecular complexity index is 945. The van der Waals surface area contributed by atoms with Crippen LogP contribution in [0.4, 0.5) is 0 Å². The van der Waals surface area contributed by atoms with Crippen LogP contribution in [0.15, 0.2) is 25.3 Å². The first kappa shape index (κ1) is 29.8. The molecule has 2 N–H and O–H groups in total. The van der Waals surface area contributed by atoms with Gasteiger partial charge in [0, 0.05) is 31.7 Å². The highest BCUT2D eigenvalue weighted by Crippen LogP contribution is 2.59. The molecule has 3 heterocycles. The Labute approximate surface area is 225 Å². The van der Waals surface area contributed by atoms with Crippen molar-refractivity contribution in [2.24, 2.45) is 11.8 Å². The number of fused-ring (bicyclic) bond motifs is 1. The van der Waals surface area contributed by atoms with Crippen LogP contribution in [0.5, 0.6) is 0 Å². The van der Waals surface area contributed by atoms with E-state index in [0.29, 0.717) is 38.6 Å². The number of hydrogen-bond acceptors (Lipinski definition) is 7. The zero-order valence-electron chi connectivity index (χ0n) is 23.1. The lowest BCUT2D eigenvalue weighted by molar-refractivity contribution is -0.159. The highest BCUT2D eigenvalue weighted by Gasteiger charge is 2.75. The van der Waals surface area contributed by atoms with Crippen LogP contribution in [0.1, 0.15) is 59.8 Å². The first-order valence-electron chi connectivity index (χ1n) is 13.5. The molecule has 0 aromatic heterocycles. The average molecular weight is 534 g/mol. The summed E-state index contributed by atoms with van der Waals surface area (Å²) in [5.41, 5.74) is -1.67. The second-order valence-corrected chi connectivity index (χ2v) is 11.5. The van der Waals surface area contributed by atoms with Crippen molar-refractivity contribution in [2.75, 3.05) is 26.2 Å². The third kappa shape index (κ3) is 5.66. The van der Waals surface area contributed by atoms with Crippen LogP contribution in [0, 0.1) is 11.8 Å². The van der Waals surface area contributed by atoms with Crippen LogP contribution >= 0.6 is 0 Å². The minimum Gasteiger partial charge on any atom is -0.460 e. The van der Waals surface area contributed by atoms with E-state index in [9.17, 15) is 24.3 Å². The second-order valence-electron chi connectivity index (χ2n) is 11.5. The molecule has 3 amide bonds. The summed E-state index contributed by atoms with van der Waals surface area (Å²) in [6.45, 7) is 15.3. The van der Waals surface area contributed by atoms with Gasteiger partial charge in [-0.2, -0.15) is 0 Å². The van der Waals surface area contributed by atoms with Crippen molar-refractivity contribution in [2.45, 2.75) is 89.2 Å². The molecule has 38 heavy (non-hydrogen) atoms. The molecule has 3 aliphatic rings. The van der Waals surface area contributed by atoms with E-state index >= 15 is 0 Å². The predicted molar refractivity (Wildman–Crippen MR) is 141 cm³/mol. The zero-order chi connectivity index (χ0) is 28.3. The number of aliphatic hydroxyl groups excluding tert-OH is 1. The van der Waals surface area contributed by atoms with Crippen molar-refractivity contribution in [1.82, 2.24) is 15.1 Å². The first-order chi connectivity index (χ1) is 17.9. The van der Waals surface area contributed by atoms with Crippen molar-refractivity contribution in [3.63, 3.8) is 0 Å². The predicted octanol–water partition coefficient (Wildman–Crippen LogP) is 1.57. The number of carbonyl (C=O) groups is 4. The highest BCUT2D eigenvalue weighted by atomic mass is 16.6. The Morgan fingerprint density at radius 2 is 2.03 bits per heavy atom. The lowest BCUT2D eigenvalue weighted by Crippen LogP contribution is -2.60. The van der Waals surface area contributed by atoms with Crippen molar-refractivity contribution in [3.8, 4) is 0 Å². The monoisotopic (exact) mass is 533 g/mol. The van der Waals surface area contributed by atoms with Crippen molar-refractivity contribution in [3.05, 3.63) is 25.3 Å². The molecule has 3 saturated heterocycles. The van der Waals surface area contributed by atoms with Gasteiger partial charge in [-0.05, 0) is 53.4 Å². The molecule has 212 valence electrons. The lowest BCUT2D eigenvalue weighted by atomic mass is 9.70. The van der Waals surface area contributed by atoms with E-state index in [-0.39, 0.29) is 37.4 Å². The van der Waals surface area contributed by atoms with Crippen molar-refractivity contribution < 1.29 is 33.8 Å². The molecule has 10 heteroatoms. The Morgan fingerprint density at radius 3 is 2.63 bits per heavy atom. The molecule has 3 rings (SSSR count). The van der Waals surface area contributed by atoms with Gasteiger partial charge in [0.1, 0.15) is 17.7 Å². The molecule has 0 aromatic carbocycles. The molecule has 1 spiro atoms. The number of nitrogens with zero attached hydrogens (tertiary/aromatic N) is 2. The van der Waals surface area contributed by atoms with Gasteiger partial charge in [-0.15, -0.1) is 13.2 Å². The van der Waals surface area contributed by atoms with Gasteiger partial charge in [0.15, 0.2) is 0 Å². The summed E-state index contributed by atoms with van der Waals surface area (Å²) in [4.78, 5) is 56.4. The summed E-state index contributed by atoms with van der Waals surface area (Å²) in [7, 11) is 0. The van der Waals surface area contributed by atoms with E-state index in [1.807, 2.05) is 20.8 Å². The average Bonchev–Trinajstić information content (AvgIpc) is 3.49. The first-order valence-corrected chi connectivity index (χ1v) is 13.5. The van der Waals surface area contributed by atoms with E-state index < -0.39 is 47.2 Å². The maximum atomic E-state index is 14.1. The van der Waals surface area contributed by atoms with Crippen LogP contribution in [0.2, 0.25) is 0 Å². The quantitative estimate of drug-likeness (QED) is 0.272. The van der Waals surface area contributed by atoms with Gasteiger partial charge >= 0.3 is 5.97 Å². The summed E-state index contributed by atoms with van der Waals surface area (Å²) in [6.07, 6.45) is 4.35. The van der Waals surface area contributed by atoms with Crippen molar-refractivity contribution in [1.29, 1.82) is 0 Å². The fraction of sp³-hybridized carbons (Fsp3) is 0.714. The van der Waals surface area contributed by atoms with E-state index in [1.165, 1.54) is 4.90 Å². The van der Waals surface area contributed by atoms with E-state index in [1.54, 1.807) is 24.0 Å². The number of amides is 3. The summed E-state index contributed by atoms with van der Waals surface area (Å²) in [5, 5.41) is 12.2. The molecule has 6 atom stereocenters. The maximum Gasteiger partial charge on any atom is 0.312 e. The zero-order valence-corrected chi connectivity index (χ0v) is 23.1. The third-order valence-electron chi connectivity index (χ3n) is 7.73. The largest absolute Gasteiger partial charge is 0.460 e. The Hall–Kier alpha value is -2.72. The smallest absolute Gasteiger partial charge is 0.312 e. The number of hydrogen-bond donors (Lipinski definition) is 2. The maximum absolute atomic E-state index is 14.1. The number of rotatable bonds is 13. The molecule has 2 bridgehead atoms. The van der Waals surface area contributed by atoms with E-state index in [4.69, 9.17) is 9.47 Å². The minimum atomic E-state index is -1.13. The van der Waals surface area contributed by atoms with E-state index in [0.717, 1.165) is 0 Å². The molecule has 3 aliphatic heterocycles. The molecule has 0 aliphatic carbocycles. The molecule has 0 unspecified atom stereocenters. The Kier molecular flexibility index (Phi) is 9.41. The van der Waals surface area contributed by atoms with Gasteiger partial charge in [-0.3, -0.25) is 19.2 Å². The second kappa shape index (κ2) is 12.0. The number of allylic oxidation sites excluding steroid dienone is 1. The van der Waals surface area contributed by atoms with Crippen LogP contribution < -0.4 is 5.32 Å². The van der Waals surface area contributed by atoms with Crippen LogP contribution in [-0.2, 0) is 28.7 Å². The standard InChI is InChI=1S/C28H43N3O7/c1-7-9-11-20(33)29-17-18(3)37-26(36)21-19-12-13-28(38-19)22(21)24(34)30(15-10-16-32)23(28)25(35)31(14-8-2)27(4,5)6/h7-8,18-19,21-23,32H,1-2,9-17H2,3-6H3,(H,29,33)/t18-,19+,21-,22-,23+,28-/m1/s1.